The van der Waals surface area contributed by atoms with Crippen molar-refractivity contribution in [3.05, 3.63) is 54.1 Å². The number of fused-ring (bicyclic) bond motifs is 1. The average molecular weight is 408 g/mol. The Kier molecular flexibility index (Phi) is 5.88. The number of benzene rings is 2. The lowest BCUT2D eigenvalue weighted by molar-refractivity contribution is -0.125. The maximum Gasteiger partial charge on any atom is 0.227 e. The third-order valence-electron chi connectivity index (χ3n) is 5.92. The molecule has 0 bridgehead atoms. The Balaban J connectivity index is 1.42. The molecule has 4 rings (SSSR count). The number of para-hydroxylation sites is 2. The summed E-state index contributed by atoms with van der Waals surface area (Å²) in [6.45, 7) is 3.95. The van der Waals surface area contributed by atoms with Crippen molar-refractivity contribution in [3.63, 3.8) is 0 Å². The van der Waals surface area contributed by atoms with Gasteiger partial charge in [-0.25, -0.2) is 4.98 Å². The summed E-state index contributed by atoms with van der Waals surface area (Å²) in [5.41, 5.74) is 3.27. The van der Waals surface area contributed by atoms with Gasteiger partial charge in [-0.15, -0.1) is 0 Å². The molecule has 158 valence electrons. The Morgan fingerprint density at radius 3 is 2.60 bits per heavy atom. The number of aliphatic hydroxyl groups excluding tert-OH is 1. The SMILES string of the molecule is CC(C)NC(=O)[C@H]1CC[C@@H](N(C)C(O)c2ccc(-c3nc4ccccc4o3)cc2)C1. The fourth-order valence-corrected chi connectivity index (χ4v) is 4.20. The molecular formula is C24H29N3O3. The molecule has 2 N–H and O–H groups in total. The van der Waals surface area contributed by atoms with E-state index in [4.69, 9.17) is 4.42 Å². The minimum absolute atomic E-state index is 0.0218. The zero-order chi connectivity index (χ0) is 21.3. The molecule has 30 heavy (non-hydrogen) atoms. The second-order valence-electron chi connectivity index (χ2n) is 8.47. The maximum absolute atomic E-state index is 12.3. The van der Waals surface area contributed by atoms with E-state index in [2.05, 4.69) is 10.3 Å². The molecule has 1 aromatic heterocycles. The van der Waals surface area contributed by atoms with E-state index in [0.717, 1.165) is 41.5 Å². The largest absolute Gasteiger partial charge is 0.436 e. The molecule has 1 saturated carbocycles. The number of carbonyl (C=O) groups excluding carboxylic acids is 1. The molecular weight excluding hydrogens is 378 g/mol. The highest BCUT2D eigenvalue weighted by atomic mass is 16.3. The van der Waals surface area contributed by atoms with E-state index < -0.39 is 6.23 Å². The third-order valence-corrected chi connectivity index (χ3v) is 5.92. The van der Waals surface area contributed by atoms with E-state index in [0.29, 0.717) is 5.89 Å². The van der Waals surface area contributed by atoms with Gasteiger partial charge in [-0.05, 0) is 70.0 Å². The number of oxazole rings is 1. The molecule has 1 unspecified atom stereocenters. The van der Waals surface area contributed by atoms with Gasteiger partial charge in [0.1, 0.15) is 11.7 Å². The Morgan fingerprint density at radius 1 is 1.17 bits per heavy atom. The first-order valence-electron chi connectivity index (χ1n) is 10.6. The van der Waals surface area contributed by atoms with E-state index in [9.17, 15) is 9.90 Å². The van der Waals surface area contributed by atoms with Crippen LogP contribution >= 0.6 is 0 Å². The predicted molar refractivity (Wildman–Crippen MR) is 117 cm³/mol. The standard InChI is InChI=1S/C24H29N3O3/c1-15(2)25-22(28)18-12-13-19(14-18)27(3)24(29)17-10-8-16(9-11-17)23-26-20-6-4-5-7-21(20)30-23/h4-11,15,18-19,24,29H,12-14H2,1-3H3,(H,25,28)/t18-,19+,24?/m0/s1. The van der Waals surface area contributed by atoms with Crippen LogP contribution in [0.2, 0.25) is 0 Å². The molecule has 1 heterocycles. The monoisotopic (exact) mass is 407 g/mol. The highest BCUT2D eigenvalue weighted by Gasteiger charge is 2.34. The molecule has 2 aromatic carbocycles. The first-order chi connectivity index (χ1) is 14.4. The van der Waals surface area contributed by atoms with E-state index >= 15 is 0 Å². The van der Waals surface area contributed by atoms with Gasteiger partial charge in [-0.2, -0.15) is 0 Å². The van der Waals surface area contributed by atoms with Crippen molar-refractivity contribution < 1.29 is 14.3 Å². The molecule has 0 saturated heterocycles. The van der Waals surface area contributed by atoms with Crippen molar-refractivity contribution in [1.82, 2.24) is 15.2 Å². The number of nitrogens with zero attached hydrogens (tertiary/aromatic N) is 2. The number of nitrogens with one attached hydrogen (secondary N) is 1. The van der Waals surface area contributed by atoms with Crippen molar-refractivity contribution in [2.75, 3.05) is 7.05 Å². The topological polar surface area (TPSA) is 78.6 Å². The number of hydrogen-bond donors (Lipinski definition) is 2. The molecule has 6 heteroatoms. The van der Waals surface area contributed by atoms with E-state index in [-0.39, 0.29) is 23.9 Å². The van der Waals surface area contributed by atoms with Gasteiger partial charge in [-0.1, -0.05) is 24.3 Å². The van der Waals surface area contributed by atoms with Crippen molar-refractivity contribution in [3.8, 4) is 11.5 Å². The van der Waals surface area contributed by atoms with Crippen LogP contribution in [0.3, 0.4) is 0 Å². The zero-order valence-corrected chi connectivity index (χ0v) is 17.7. The summed E-state index contributed by atoms with van der Waals surface area (Å²) in [4.78, 5) is 18.8. The molecule has 3 aromatic rings. The van der Waals surface area contributed by atoms with Crippen molar-refractivity contribution in [2.24, 2.45) is 5.92 Å². The van der Waals surface area contributed by atoms with Crippen LogP contribution in [0.1, 0.15) is 44.9 Å². The number of carbonyl (C=O) groups is 1. The van der Waals surface area contributed by atoms with Crippen LogP contribution in [0, 0.1) is 5.92 Å². The lowest BCUT2D eigenvalue weighted by Gasteiger charge is -2.30. The first kappa shape index (κ1) is 20.6. The highest BCUT2D eigenvalue weighted by Crippen LogP contribution is 2.33. The second kappa shape index (κ2) is 8.58. The smallest absolute Gasteiger partial charge is 0.227 e. The van der Waals surface area contributed by atoms with Crippen LogP contribution in [-0.2, 0) is 4.79 Å². The Morgan fingerprint density at radius 2 is 1.90 bits per heavy atom. The summed E-state index contributed by atoms with van der Waals surface area (Å²) in [6.07, 6.45) is 1.81. The van der Waals surface area contributed by atoms with E-state index in [1.165, 1.54) is 0 Å². The molecule has 1 aliphatic carbocycles. The van der Waals surface area contributed by atoms with Gasteiger partial charge < -0.3 is 14.8 Å². The fourth-order valence-electron chi connectivity index (χ4n) is 4.20. The molecule has 1 amide bonds. The first-order valence-corrected chi connectivity index (χ1v) is 10.6. The minimum Gasteiger partial charge on any atom is -0.436 e. The maximum atomic E-state index is 12.3. The molecule has 0 radical (unpaired) electrons. The van der Waals surface area contributed by atoms with Gasteiger partial charge in [-0.3, -0.25) is 9.69 Å². The summed E-state index contributed by atoms with van der Waals surface area (Å²) in [5.74, 6) is 0.715. The van der Waals surface area contributed by atoms with Crippen LogP contribution in [0.4, 0.5) is 0 Å². The fraction of sp³-hybridized carbons (Fsp3) is 0.417. The summed E-state index contributed by atoms with van der Waals surface area (Å²) >= 11 is 0. The third kappa shape index (κ3) is 4.25. The van der Waals surface area contributed by atoms with Gasteiger partial charge in [0.05, 0.1) is 0 Å². The van der Waals surface area contributed by atoms with Crippen molar-refractivity contribution in [1.29, 1.82) is 0 Å². The number of aromatic nitrogens is 1. The van der Waals surface area contributed by atoms with Gasteiger partial charge in [0.2, 0.25) is 11.8 Å². The van der Waals surface area contributed by atoms with Gasteiger partial charge in [0, 0.05) is 23.6 Å². The number of hydrogen-bond acceptors (Lipinski definition) is 5. The number of aliphatic hydroxyl groups is 1. The molecule has 0 spiro atoms. The second-order valence-corrected chi connectivity index (χ2v) is 8.47. The Labute approximate surface area is 176 Å². The normalized spacial score (nSPS) is 20.2. The number of amides is 1. The average Bonchev–Trinajstić information content (AvgIpc) is 3.39. The Hall–Kier alpha value is -2.70. The molecule has 3 atom stereocenters. The zero-order valence-electron chi connectivity index (χ0n) is 17.7. The lowest BCUT2D eigenvalue weighted by atomic mass is 10.1. The van der Waals surface area contributed by atoms with E-state index in [1.54, 1.807) is 0 Å². The molecule has 0 aliphatic heterocycles. The highest BCUT2D eigenvalue weighted by molar-refractivity contribution is 5.79. The number of rotatable bonds is 6. The summed E-state index contributed by atoms with van der Waals surface area (Å²) < 4.78 is 5.82. The van der Waals surface area contributed by atoms with Crippen molar-refractivity contribution >= 4 is 17.0 Å². The minimum atomic E-state index is -0.723. The van der Waals surface area contributed by atoms with Gasteiger partial charge in [0.25, 0.3) is 0 Å². The van der Waals surface area contributed by atoms with Crippen LogP contribution < -0.4 is 5.32 Å². The summed E-state index contributed by atoms with van der Waals surface area (Å²) in [5, 5.41) is 13.9. The quantitative estimate of drug-likeness (QED) is 0.601. The lowest BCUT2D eigenvalue weighted by Crippen LogP contribution is -2.37. The van der Waals surface area contributed by atoms with Crippen LogP contribution in [0.15, 0.2) is 52.9 Å². The Bertz CT molecular complexity index is 979. The van der Waals surface area contributed by atoms with Crippen LogP contribution in [-0.4, -0.2) is 40.0 Å². The van der Waals surface area contributed by atoms with E-state index in [1.807, 2.05) is 74.3 Å². The van der Waals surface area contributed by atoms with Gasteiger partial charge in [0.15, 0.2) is 5.58 Å². The molecule has 6 nitrogen and oxygen atoms in total. The van der Waals surface area contributed by atoms with Crippen LogP contribution in [0.5, 0.6) is 0 Å². The van der Waals surface area contributed by atoms with Gasteiger partial charge >= 0.3 is 0 Å². The predicted octanol–water partition coefficient (Wildman–Crippen LogP) is 4.11. The molecule has 1 aliphatic rings. The van der Waals surface area contributed by atoms with Crippen LogP contribution in [0.25, 0.3) is 22.6 Å². The van der Waals surface area contributed by atoms with Crippen molar-refractivity contribution in [2.45, 2.75) is 51.4 Å². The summed E-state index contributed by atoms with van der Waals surface area (Å²) in [7, 11) is 1.92. The molecule has 1 fully saturated rings. The summed E-state index contributed by atoms with van der Waals surface area (Å²) in [6, 6.07) is 15.7.